The molecule has 1 fully saturated rings. The number of imide groups is 2. The highest BCUT2D eigenvalue weighted by Gasteiger charge is 2.37. The van der Waals surface area contributed by atoms with Crippen LogP contribution in [-0.4, -0.2) is 35.0 Å². The van der Waals surface area contributed by atoms with Gasteiger partial charge in [0.1, 0.15) is 5.57 Å². The molecule has 0 atom stereocenters. The average Bonchev–Trinajstić information content (AvgIpc) is 3.45. The maximum Gasteiger partial charge on any atom is 0.338 e. The van der Waals surface area contributed by atoms with E-state index in [1.54, 1.807) is 31.2 Å². The minimum Gasteiger partial charge on any atom is -0.462 e. The van der Waals surface area contributed by atoms with E-state index in [9.17, 15) is 19.2 Å². The molecule has 0 spiro atoms. The summed E-state index contributed by atoms with van der Waals surface area (Å²) in [5, 5.41) is 2.68. The molecule has 6 rings (SSSR count). The number of nitrogens with one attached hydrogen (secondary N) is 1. The molecule has 1 aliphatic heterocycles. The normalized spacial score (nSPS) is 14.0. The van der Waals surface area contributed by atoms with Crippen LogP contribution in [0.25, 0.3) is 34.3 Å². The van der Waals surface area contributed by atoms with Gasteiger partial charge < -0.3 is 9.30 Å². The molecule has 9 heteroatoms. The summed E-state index contributed by atoms with van der Waals surface area (Å²) < 4.78 is 7.18. The predicted molar refractivity (Wildman–Crippen MR) is 178 cm³/mol. The zero-order valence-electron chi connectivity index (χ0n) is 25.0. The van der Waals surface area contributed by atoms with E-state index in [4.69, 9.17) is 16.3 Å². The van der Waals surface area contributed by atoms with Crippen LogP contribution in [0.1, 0.15) is 28.4 Å². The van der Waals surface area contributed by atoms with Crippen molar-refractivity contribution in [3.05, 3.63) is 136 Å². The number of urea groups is 1. The molecule has 5 aromatic rings. The van der Waals surface area contributed by atoms with Crippen LogP contribution in [0.4, 0.5) is 10.5 Å². The number of aromatic nitrogens is 1. The number of barbiturate groups is 1. The quantitative estimate of drug-likeness (QED) is 0.113. The Kier molecular flexibility index (Phi) is 8.37. The number of carbonyl (C=O) groups is 4. The Morgan fingerprint density at radius 2 is 1.46 bits per heavy atom. The van der Waals surface area contributed by atoms with E-state index in [1.165, 1.54) is 12.1 Å². The molecule has 228 valence electrons. The highest BCUT2D eigenvalue weighted by molar-refractivity contribution is 6.39. The lowest BCUT2D eigenvalue weighted by molar-refractivity contribution is -0.122. The van der Waals surface area contributed by atoms with Gasteiger partial charge in [0.15, 0.2) is 0 Å². The molecule has 0 aliphatic carbocycles. The van der Waals surface area contributed by atoms with E-state index < -0.39 is 23.8 Å². The van der Waals surface area contributed by atoms with E-state index in [1.807, 2.05) is 90.4 Å². The van der Waals surface area contributed by atoms with Gasteiger partial charge in [-0.05, 0) is 79.1 Å². The molecule has 1 saturated heterocycles. The Labute approximate surface area is 270 Å². The number of amides is 4. The molecule has 46 heavy (non-hydrogen) atoms. The van der Waals surface area contributed by atoms with Gasteiger partial charge in [-0.1, -0.05) is 78.3 Å². The molecule has 0 unspecified atom stereocenters. The first-order valence-corrected chi connectivity index (χ1v) is 15.0. The van der Waals surface area contributed by atoms with Crippen molar-refractivity contribution in [2.24, 2.45) is 0 Å². The van der Waals surface area contributed by atoms with Crippen LogP contribution in [0.3, 0.4) is 0 Å². The van der Waals surface area contributed by atoms with Crippen LogP contribution in [0.15, 0.2) is 115 Å². The average molecular weight is 630 g/mol. The second-order valence-corrected chi connectivity index (χ2v) is 11.0. The molecule has 1 aromatic heterocycles. The molecule has 0 radical (unpaired) electrons. The van der Waals surface area contributed by atoms with Crippen LogP contribution >= 0.6 is 11.6 Å². The standard InChI is InChI=1S/C37H28ClN3O5/c1-3-46-36(44)26-15-18-28(19-16-26)40-32(24-10-6-4-7-11-24)21-27(33(40)25-12-8-5-9-13-25)20-30-34(42)39-37(45)41(35(30)43)29-17-14-23(2)31(38)22-29/h4-22H,3H2,1-2H3,(H,39,42,45)/b30-20+. The Bertz CT molecular complexity index is 2020. The van der Waals surface area contributed by atoms with Crippen molar-refractivity contribution in [1.29, 1.82) is 0 Å². The fraction of sp³-hybridized carbons (Fsp3) is 0.0811. The lowest BCUT2D eigenvalue weighted by atomic mass is 10.0. The third kappa shape index (κ3) is 5.74. The number of aryl methyl sites for hydroxylation is 1. The maximum absolute atomic E-state index is 13.9. The topological polar surface area (TPSA) is 97.7 Å². The van der Waals surface area contributed by atoms with Gasteiger partial charge >= 0.3 is 12.0 Å². The van der Waals surface area contributed by atoms with Gasteiger partial charge in [-0.3, -0.25) is 14.9 Å². The first-order valence-electron chi connectivity index (χ1n) is 14.6. The van der Waals surface area contributed by atoms with Gasteiger partial charge in [0, 0.05) is 16.3 Å². The smallest absolute Gasteiger partial charge is 0.338 e. The molecular weight excluding hydrogens is 602 g/mol. The molecule has 8 nitrogen and oxygen atoms in total. The second-order valence-electron chi connectivity index (χ2n) is 10.6. The number of esters is 1. The summed E-state index contributed by atoms with van der Waals surface area (Å²) in [6.45, 7) is 3.82. The van der Waals surface area contributed by atoms with Crippen molar-refractivity contribution in [3.63, 3.8) is 0 Å². The third-order valence-corrected chi connectivity index (χ3v) is 8.01. The predicted octanol–water partition coefficient (Wildman–Crippen LogP) is 7.62. The molecule has 4 amide bonds. The number of carbonyl (C=O) groups excluding carboxylic acids is 4. The van der Waals surface area contributed by atoms with Crippen LogP contribution in [0.5, 0.6) is 0 Å². The molecular formula is C37H28ClN3O5. The Morgan fingerprint density at radius 3 is 2.09 bits per heavy atom. The van der Waals surface area contributed by atoms with Crippen LogP contribution in [0, 0.1) is 6.92 Å². The van der Waals surface area contributed by atoms with Crippen molar-refractivity contribution in [3.8, 4) is 28.2 Å². The Hall–Kier alpha value is -5.73. The van der Waals surface area contributed by atoms with Crippen LogP contribution in [0.2, 0.25) is 5.02 Å². The van der Waals surface area contributed by atoms with E-state index in [-0.39, 0.29) is 17.9 Å². The van der Waals surface area contributed by atoms with Crippen molar-refractivity contribution < 1.29 is 23.9 Å². The number of benzene rings is 4. The third-order valence-electron chi connectivity index (χ3n) is 7.60. The first kappa shape index (κ1) is 30.3. The highest BCUT2D eigenvalue weighted by Crippen LogP contribution is 2.38. The number of rotatable bonds is 7. The van der Waals surface area contributed by atoms with Gasteiger partial charge in [-0.25, -0.2) is 14.5 Å². The Balaban J connectivity index is 1.57. The van der Waals surface area contributed by atoms with E-state index in [2.05, 4.69) is 5.32 Å². The van der Waals surface area contributed by atoms with Gasteiger partial charge in [-0.15, -0.1) is 0 Å². The van der Waals surface area contributed by atoms with Gasteiger partial charge in [0.25, 0.3) is 11.8 Å². The molecule has 4 aromatic carbocycles. The number of nitrogens with zero attached hydrogens (tertiary/aromatic N) is 2. The summed E-state index contributed by atoms with van der Waals surface area (Å²) in [5.41, 5.74) is 5.67. The van der Waals surface area contributed by atoms with Crippen LogP contribution < -0.4 is 10.2 Å². The second kappa shape index (κ2) is 12.7. The summed E-state index contributed by atoms with van der Waals surface area (Å²) >= 11 is 6.31. The fourth-order valence-corrected chi connectivity index (χ4v) is 5.53. The van der Waals surface area contributed by atoms with E-state index in [0.717, 1.165) is 33.0 Å². The number of halogens is 1. The van der Waals surface area contributed by atoms with Gasteiger partial charge in [0.2, 0.25) is 0 Å². The maximum atomic E-state index is 13.9. The number of anilines is 1. The van der Waals surface area contributed by atoms with E-state index in [0.29, 0.717) is 21.8 Å². The van der Waals surface area contributed by atoms with Crippen molar-refractivity contribution in [2.45, 2.75) is 13.8 Å². The zero-order chi connectivity index (χ0) is 32.4. The molecule has 0 saturated carbocycles. The van der Waals surface area contributed by atoms with Gasteiger partial charge in [-0.2, -0.15) is 0 Å². The summed E-state index contributed by atoms with van der Waals surface area (Å²) in [7, 11) is 0. The number of ether oxygens (including phenoxy) is 1. The molecule has 1 aliphatic rings. The fourth-order valence-electron chi connectivity index (χ4n) is 5.35. The molecule has 0 bridgehead atoms. The lowest BCUT2D eigenvalue weighted by Gasteiger charge is -2.26. The number of hydrogen-bond donors (Lipinski definition) is 1. The number of hydrogen-bond acceptors (Lipinski definition) is 5. The summed E-state index contributed by atoms with van der Waals surface area (Å²) in [5.74, 6) is -2.01. The summed E-state index contributed by atoms with van der Waals surface area (Å²) in [6, 6.07) is 32.1. The monoisotopic (exact) mass is 629 g/mol. The minimum absolute atomic E-state index is 0.220. The Morgan fingerprint density at radius 1 is 0.826 bits per heavy atom. The minimum atomic E-state index is -0.861. The molecule has 1 N–H and O–H groups in total. The van der Waals surface area contributed by atoms with Crippen LogP contribution in [-0.2, 0) is 14.3 Å². The van der Waals surface area contributed by atoms with Crippen molar-refractivity contribution in [1.82, 2.24) is 9.88 Å². The zero-order valence-corrected chi connectivity index (χ0v) is 25.7. The van der Waals surface area contributed by atoms with Crippen molar-refractivity contribution >= 4 is 47.2 Å². The largest absolute Gasteiger partial charge is 0.462 e. The summed E-state index contributed by atoms with van der Waals surface area (Å²) in [4.78, 5) is 53.3. The first-order chi connectivity index (χ1) is 22.3. The van der Waals surface area contributed by atoms with Crippen molar-refractivity contribution in [2.75, 3.05) is 11.5 Å². The van der Waals surface area contributed by atoms with E-state index >= 15 is 0 Å². The lowest BCUT2D eigenvalue weighted by Crippen LogP contribution is -2.54. The molecule has 2 heterocycles. The summed E-state index contributed by atoms with van der Waals surface area (Å²) in [6.07, 6.45) is 1.51. The SMILES string of the molecule is CCOC(=O)c1ccc(-n2c(-c3ccccc3)cc(/C=C3\C(=O)NC(=O)N(c4ccc(C)c(Cl)c4)C3=O)c2-c2ccccc2)cc1. The van der Waals surface area contributed by atoms with Gasteiger partial charge in [0.05, 0.1) is 29.2 Å². The highest BCUT2D eigenvalue weighted by atomic mass is 35.5.